The zero-order valence-electron chi connectivity index (χ0n) is 17.0. The number of hydrogen-bond acceptors (Lipinski definition) is 6. The van der Waals surface area contributed by atoms with Gasteiger partial charge >= 0.3 is 0 Å². The maximum Gasteiger partial charge on any atom is 0.269 e. The van der Waals surface area contributed by atoms with Gasteiger partial charge in [-0.05, 0) is 70.2 Å². The smallest absolute Gasteiger partial charge is 0.269 e. The molecule has 152 valence electrons. The van der Waals surface area contributed by atoms with Crippen LogP contribution < -0.4 is 4.90 Å². The molecule has 1 aromatic heterocycles. The van der Waals surface area contributed by atoms with E-state index in [9.17, 15) is 14.9 Å². The van der Waals surface area contributed by atoms with Crippen molar-refractivity contribution in [2.45, 2.75) is 20.3 Å². The molecule has 0 bridgehead atoms. The maximum absolute atomic E-state index is 13.2. The van der Waals surface area contributed by atoms with Gasteiger partial charge in [-0.3, -0.25) is 19.8 Å². The van der Waals surface area contributed by atoms with E-state index < -0.39 is 4.92 Å². The Bertz CT molecular complexity index is 1040. The van der Waals surface area contributed by atoms with Crippen LogP contribution in [0.5, 0.6) is 0 Å². The summed E-state index contributed by atoms with van der Waals surface area (Å²) >= 11 is 1.50. The fourth-order valence-electron chi connectivity index (χ4n) is 3.19. The van der Waals surface area contributed by atoms with Crippen LogP contribution in [0, 0.1) is 24.0 Å². The Morgan fingerprint density at radius 3 is 2.45 bits per heavy atom. The number of aryl methyl sites for hydroxylation is 2. The van der Waals surface area contributed by atoms with Crippen LogP contribution in [0.15, 0.2) is 36.4 Å². The fourth-order valence-corrected chi connectivity index (χ4v) is 4.23. The second kappa shape index (κ2) is 8.67. The summed E-state index contributed by atoms with van der Waals surface area (Å²) in [6, 6.07) is 9.86. The topological polar surface area (TPSA) is 79.6 Å². The molecule has 3 rings (SSSR count). The number of non-ortho nitro benzene ring substituents is 1. The molecule has 29 heavy (non-hydrogen) atoms. The van der Waals surface area contributed by atoms with Gasteiger partial charge in [-0.15, -0.1) is 0 Å². The van der Waals surface area contributed by atoms with Crippen LogP contribution in [-0.4, -0.2) is 47.9 Å². The number of anilines is 1. The number of nitro groups is 1. The zero-order chi connectivity index (χ0) is 21.1. The number of benzene rings is 2. The number of amides is 1. The van der Waals surface area contributed by atoms with Crippen molar-refractivity contribution in [2.24, 2.45) is 0 Å². The lowest BCUT2D eigenvalue weighted by Gasteiger charge is -2.21. The Labute approximate surface area is 173 Å². The first-order valence-corrected chi connectivity index (χ1v) is 10.2. The molecule has 0 aliphatic rings. The first-order valence-electron chi connectivity index (χ1n) is 9.35. The van der Waals surface area contributed by atoms with Gasteiger partial charge in [0.25, 0.3) is 11.6 Å². The Balaban J connectivity index is 1.96. The quantitative estimate of drug-likeness (QED) is 0.424. The molecule has 0 spiro atoms. The predicted octanol–water partition coefficient (Wildman–Crippen LogP) is 4.42. The SMILES string of the molecule is Cc1cc(C)c2sc(N(CCCN(C)C)C(=O)c3ccc([N+](=O)[O-])cc3)nc2c1. The Kier molecular flexibility index (Phi) is 6.24. The molecule has 0 fully saturated rings. The van der Waals surface area contributed by atoms with Crippen LogP contribution in [0.25, 0.3) is 10.2 Å². The number of thiazole rings is 1. The molecule has 0 radical (unpaired) electrons. The van der Waals surface area contributed by atoms with Gasteiger partial charge in [0.1, 0.15) is 0 Å². The third-order valence-corrected chi connectivity index (χ3v) is 5.83. The number of fused-ring (bicyclic) bond motifs is 1. The van der Waals surface area contributed by atoms with Crippen molar-refractivity contribution < 1.29 is 9.72 Å². The number of rotatable bonds is 7. The third kappa shape index (κ3) is 4.78. The normalized spacial score (nSPS) is 11.2. The molecule has 8 heteroatoms. The van der Waals surface area contributed by atoms with E-state index in [0.29, 0.717) is 17.2 Å². The molecular formula is C21H24N4O3S. The van der Waals surface area contributed by atoms with E-state index in [1.165, 1.54) is 35.6 Å². The summed E-state index contributed by atoms with van der Waals surface area (Å²) < 4.78 is 1.07. The Morgan fingerprint density at radius 2 is 1.83 bits per heavy atom. The van der Waals surface area contributed by atoms with Crippen LogP contribution in [0.3, 0.4) is 0 Å². The molecule has 0 aliphatic heterocycles. The van der Waals surface area contributed by atoms with Crippen molar-refractivity contribution >= 4 is 38.3 Å². The van der Waals surface area contributed by atoms with Crippen LogP contribution in [0.4, 0.5) is 10.8 Å². The van der Waals surface area contributed by atoms with Gasteiger partial charge in [0.15, 0.2) is 5.13 Å². The van der Waals surface area contributed by atoms with Gasteiger partial charge < -0.3 is 4.90 Å². The average molecular weight is 413 g/mol. The maximum atomic E-state index is 13.2. The van der Waals surface area contributed by atoms with Crippen LogP contribution in [-0.2, 0) is 0 Å². The van der Waals surface area contributed by atoms with Crippen molar-refractivity contribution in [3.05, 3.63) is 63.2 Å². The molecule has 0 unspecified atom stereocenters. The number of carbonyl (C=O) groups excluding carboxylic acids is 1. The largest absolute Gasteiger partial charge is 0.309 e. The van der Waals surface area contributed by atoms with Crippen molar-refractivity contribution in [2.75, 3.05) is 32.1 Å². The highest BCUT2D eigenvalue weighted by Crippen LogP contribution is 2.33. The second-order valence-electron chi connectivity index (χ2n) is 7.34. The van der Waals surface area contributed by atoms with Gasteiger partial charge in [0.05, 0.1) is 15.1 Å². The van der Waals surface area contributed by atoms with E-state index in [4.69, 9.17) is 4.98 Å². The summed E-state index contributed by atoms with van der Waals surface area (Å²) in [4.78, 5) is 32.1. The molecule has 0 saturated heterocycles. The first kappa shape index (κ1) is 20.9. The van der Waals surface area contributed by atoms with Gasteiger partial charge in [0.2, 0.25) is 0 Å². The standard InChI is InChI=1S/C21H24N4O3S/c1-14-12-15(2)19-18(13-14)22-21(29-19)24(11-5-10-23(3)4)20(26)16-6-8-17(9-7-16)25(27)28/h6-9,12-13H,5,10-11H2,1-4H3. The highest BCUT2D eigenvalue weighted by atomic mass is 32.1. The summed E-state index contributed by atoms with van der Waals surface area (Å²) in [6.45, 7) is 5.44. The van der Waals surface area contributed by atoms with Crippen LogP contribution in [0.2, 0.25) is 0 Å². The number of nitro benzene ring substituents is 1. The molecule has 0 saturated carbocycles. The summed E-state index contributed by atoms with van der Waals surface area (Å²) in [5.74, 6) is -0.202. The number of nitrogens with zero attached hydrogens (tertiary/aromatic N) is 4. The highest BCUT2D eigenvalue weighted by molar-refractivity contribution is 7.22. The minimum absolute atomic E-state index is 0.0354. The molecule has 0 aliphatic carbocycles. The monoisotopic (exact) mass is 412 g/mol. The summed E-state index contributed by atoms with van der Waals surface area (Å²) in [6.07, 6.45) is 0.791. The minimum atomic E-state index is -0.470. The second-order valence-corrected chi connectivity index (χ2v) is 8.32. The predicted molar refractivity (Wildman–Crippen MR) is 117 cm³/mol. The zero-order valence-corrected chi connectivity index (χ0v) is 17.8. The molecule has 3 aromatic rings. The van der Waals surface area contributed by atoms with E-state index in [1.807, 2.05) is 34.0 Å². The summed E-state index contributed by atoms with van der Waals surface area (Å²) in [5, 5.41) is 11.5. The van der Waals surface area contributed by atoms with E-state index in [-0.39, 0.29) is 11.6 Å². The summed E-state index contributed by atoms with van der Waals surface area (Å²) in [7, 11) is 3.98. The lowest BCUT2D eigenvalue weighted by Crippen LogP contribution is -2.33. The number of hydrogen-bond donors (Lipinski definition) is 0. The average Bonchev–Trinajstić information content (AvgIpc) is 3.08. The van der Waals surface area contributed by atoms with E-state index >= 15 is 0 Å². The molecule has 2 aromatic carbocycles. The van der Waals surface area contributed by atoms with Crippen molar-refractivity contribution in [3.8, 4) is 0 Å². The van der Waals surface area contributed by atoms with Crippen molar-refractivity contribution in [1.82, 2.24) is 9.88 Å². The van der Waals surface area contributed by atoms with E-state index in [1.54, 1.807) is 4.90 Å². The first-order chi connectivity index (χ1) is 13.8. The summed E-state index contributed by atoms with van der Waals surface area (Å²) in [5.41, 5.74) is 3.53. The van der Waals surface area contributed by atoms with E-state index in [0.717, 1.165) is 34.3 Å². The minimum Gasteiger partial charge on any atom is -0.309 e. The van der Waals surface area contributed by atoms with E-state index in [2.05, 4.69) is 11.0 Å². The fraction of sp³-hybridized carbons (Fsp3) is 0.333. The van der Waals surface area contributed by atoms with Gasteiger partial charge in [0, 0.05) is 24.2 Å². The van der Waals surface area contributed by atoms with Gasteiger partial charge in [-0.1, -0.05) is 17.4 Å². The third-order valence-electron chi connectivity index (χ3n) is 4.60. The Hall–Kier alpha value is -2.84. The molecule has 0 atom stereocenters. The number of carbonyl (C=O) groups is 1. The van der Waals surface area contributed by atoms with Crippen molar-refractivity contribution in [1.29, 1.82) is 0 Å². The Morgan fingerprint density at radius 1 is 1.14 bits per heavy atom. The van der Waals surface area contributed by atoms with Crippen LogP contribution >= 0.6 is 11.3 Å². The molecule has 7 nitrogen and oxygen atoms in total. The van der Waals surface area contributed by atoms with Crippen molar-refractivity contribution in [3.63, 3.8) is 0 Å². The lowest BCUT2D eigenvalue weighted by molar-refractivity contribution is -0.384. The van der Waals surface area contributed by atoms with Crippen LogP contribution in [0.1, 0.15) is 27.9 Å². The molecule has 1 amide bonds. The highest BCUT2D eigenvalue weighted by Gasteiger charge is 2.22. The van der Waals surface area contributed by atoms with Gasteiger partial charge in [-0.2, -0.15) is 0 Å². The number of aromatic nitrogens is 1. The van der Waals surface area contributed by atoms with Gasteiger partial charge in [-0.25, -0.2) is 4.98 Å². The molecular weight excluding hydrogens is 388 g/mol. The molecule has 1 heterocycles. The molecule has 0 N–H and O–H groups in total. The lowest BCUT2D eigenvalue weighted by atomic mass is 10.1.